The molecule has 0 radical (unpaired) electrons. The van der Waals surface area contributed by atoms with Gasteiger partial charge in [-0.2, -0.15) is 0 Å². The molecule has 3 atom stereocenters. The normalized spacial score (nSPS) is 25.1. The largest absolute Gasteiger partial charge is 0.381 e. The van der Waals surface area contributed by atoms with E-state index in [1.54, 1.807) is 7.11 Å². The van der Waals surface area contributed by atoms with Gasteiger partial charge < -0.3 is 15.4 Å². The number of nitrogens with one attached hydrogen (secondary N) is 2. The minimum Gasteiger partial charge on any atom is -0.381 e. The molecule has 0 aromatic rings. The van der Waals surface area contributed by atoms with Gasteiger partial charge in [0.05, 0.1) is 12.1 Å². The molecule has 106 valence electrons. The summed E-state index contributed by atoms with van der Waals surface area (Å²) >= 11 is 0. The summed E-state index contributed by atoms with van der Waals surface area (Å²) in [6.45, 7) is 4.90. The zero-order valence-electron chi connectivity index (χ0n) is 12.0. The smallest absolute Gasteiger partial charge is 0.236 e. The van der Waals surface area contributed by atoms with Crippen molar-refractivity contribution in [2.45, 2.75) is 70.6 Å². The summed E-state index contributed by atoms with van der Waals surface area (Å²) in [5, 5.41) is 6.38. The summed E-state index contributed by atoms with van der Waals surface area (Å²) in [4.78, 5) is 11.8. The summed E-state index contributed by atoms with van der Waals surface area (Å²) in [7, 11) is 1.76. The van der Waals surface area contributed by atoms with Gasteiger partial charge in [0.2, 0.25) is 5.91 Å². The molecule has 3 unspecified atom stereocenters. The van der Waals surface area contributed by atoms with Gasteiger partial charge in [-0.1, -0.05) is 19.8 Å². The minimum absolute atomic E-state index is 0.104. The summed E-state index contributed by atoms with van der Waals surface area (Å²) in [6, 6.07) is 0.318. The SMILES string of the molecule is CCCCCNC(=O)C(C)NC1CCC(OC)C1. The maximum Gasteiger partial charge on any atom is 0.236 e. The van der Waals surface area contributed by atoms with E-state index < -0.39 is 0 Å². The Morgan fingerprint density at radius 3 is 2.78 bits per heavy atom. The predicted molar refractivity (Wildman–Crippen MR) is 73.6 cm³/mol. The van der Waals surface area contributed by atoms with E-state index in [1.165, 1.54) is 12.8 Å². The Kier molecular flexibility index (Phi) is 7.28. The lowest BCUT2D eigenvalue weighted by Crippen LogP contribution is -2.46. The molecule has 1 aliphatic rings. The lowest BCUT2D eigenvalue weighted by atomic mass is 10.2. The van der Waals surface area contributed by atoms with E-state index in [2.05, 4.69) is 17.6 Å². The van der Waals surface area contributed by atoms with E-state index in [-0.39, 0.29) is 11.9 Å². The minimum atomic E-state index is -0.104. The van der Waals surface area contributed by atoms with Crippen LogP contribution in [0.25, 0.3) is 0 Å². The van der Waals surface area contributed by atoms with Crippen molar-refractivity contribution in [1.82, 2.24) is 10.6 Å². The number of ether oxygens (including phenoxy) is 1. The molecule has 1 aliphatic carbocycles. The van der Waals surface area contributed by atoms with Crippen LogP contribution in [-0.4, -0.2) is 37.7 Å². The van der Waals surface area contributed by atoms with Gasteiger partial charge in [0.1, 0.15) is 0 Å². The van der Waals surface area contributed by atoms with Crippen molar-refractivity contribution in [3.05, 3.63) is 0 Å². The average molecular weight is 256 g/mol. The van der Waals surface area contributed by atoms with Gasteiger partial charge in [-0.05, 0) is 32.6 Å². The van der Waals surface area contributed by atoms with E-state index in [1.807, 2.05) is 6.92 Å². The van der Waals surface area contributed by atoms with Crippen LogP contribution in [0.5, 0.6) is 0 Å². The zero-order valence-corrected chi connectivity index (χ0v) is 12.0. The molecule has 4 nitrogen and oxygen atoms in total. The molecule has 0 aromatic carbocycles. The number of rotatable bonds is 8. The number of hydrogen-bond acceptors (Lipinski definition) is 3. The Labute approximate surface area is 111 Å². The van der Waals surface area contributed by atoms with E-state index in [0.717, 1.165) is 32.2 Å². The van der Waals surface area contributed by atoms with Gasteiger partial charge in [-0.15, -0.1) is 0 Å². The number of carbonyl (C=O) groups excluding carboxylic acids is 1. The zero-order chi connectivity index (χ0) is 13.4. The molecule has 0 aliphatic heterocycles. The quantitative estimate of drug-likeness (QED) is 0.652. The third-order valence-corrected chi connectivity index (χ3v) is 3.68. The summed E-state index contributed by atoms with van der Waals surface area (Å²) < 4.78 is 5.33. The second kappa shape index (κ2) is 8.48. The number of amides is 1. The Balaban J connectivity index is 2.15. The maximum absolute atomic E-state index is 11.8. The number of methoxy groups -OCH3 is 1. The molecule has 4 heteroatoms. The first-order valence-electron chi connectivity index (χ1n) is 7.24. The fourth-order valence-electron chi connectivity index (χ4n) is 2.47. The number of carbonyl (C=O) groups is 1. The van der Waals surface area contributed by atoms with Crippen molar-refractivity contribution in [3.63, 3.8) is 0 Å². The Bertz CT molecular complexity index is 246. The topological polar surface area (TPSA) is 50.4 Å². The first-order chi connectivity index (χ1) is 8.67. The molecule has 0 aromatic heterocycles. The molecule has 1 saturated carbocycles. The van der Waals surface area contributed by atoms with Crippen LogP contribution >= 0.6 is 0 Å². The van der Waals surface area contributed by atoms with Gasteiger partial charge in [0.25, 0.3) is 0 Å². The van der Waals surface area contributed by atoms with E-state index in [9.17, 15) is 4.79 Å². The van der Waals surface area contributed by atoms with Crippen LogP contribution in [0.2, 0.25) is 0 Å². The summed E-state index contributed by atoms with van der Waals surface area (Å²) in [5.41, 5.74) is 0. The highest BCUT2D eigenvalue weighted by atomic mass is 16.5. The maximum atomic E-state index is 11.8. The lowest BCUT2D eigenvalue weighted by molar-refractivity contribution is -0.122. The molecule has 0 saturated heterocycles. The number of hydrogen-bond donors (Lipinski definition) is 2. The van der Waals surface area contributed by atoms with Gasteiger partial charge in [-0.25, -0.2) is 0 Å². The summed E-state index contributed by atoms with van der Waals surface area (Å²) in [6.07, 6.45) is 7.02. The van der Waals surface area contributed by atoms with Crippen molar-refractivity contribution in [1.29, 1.82) is 0 Å². The van der Waals surface area contributed by atoms with Gasteiger partial charge in [-0.3, -0.25) is 4.79 Å². The first-order valence-corrected chi connectivity index (χ1v) is 7.24. The molecule has 1 rings (SSSR count). The molecule has 18 heavy (non-hydrogen) atoms. The molecular formula is C14H28N2O2. The lowest BCUT2D eigenvalue weighted by Gasteiger charge is -2.19. The van der Waals surface area contributed by atoms with Crippen LogP contribution in [0.1, 0.15) is 52.4 Å². The van der Waals surface area contributed by atoms with Gasteiger partial charge in [0, 0.05) is 19.7 Å². The Morgan fingerprint density at radius 1 is 1.39 bits per heavy atom. The van der Waals surface area contributed by atoms with E-state index in [0.29, 0.717) is 12.1 Å². The van der Waals surface area contributed by atoms with E-state index >= 15 is 0 Å². The van der Waals surface area contributed by atoms with Crippen LogP contribution < -0.4 is 10.6 Å². The molecule has 1 amide bonds. The highest BCUT2D eigenvalue weighted by Crippen LogP contribution is 2.21. The van der Waals surface area contributed by atoms with Crippen LogP contribution in [0.15, 0.2) is 0 Å². The van der Waals surface area contributed by atoms with Crippen LogP contribution in [0.3, 0.4) is 0 Å². The Morgan fingerprint density at radius 2 is 2.17 bits per heavy atom. The first kappa shape index (κ1) is 15.4. The highest BCUT2D eigenvalue weighted by Gasteiger charge is 2.26. The van der Waals surface area contributed by atoms with Crippen LogP contribution in [0.4, 0.5) is 0 Å². The van der Waals surface area contributed by atoms with Gasteiger partial charge >= 0.3 is 0 Å². The fraction of sp³-hybridized carbons (Fsp3) is 0.929. The van der Waals surface area contributed by atoms with Gasteiger partial charge in [0.15, 0.2) is 0 Å². The molecule has 0 spiro atoms. The predicted octanol–water partition coefficient (Wildman–Crippen LogP) is 1.84. The Hall–Kier alpha value is -0.610. The van der Waals surface area contributed by atoms with Crippen LogP contribution in [0, 0.1) is 0 Å². The second-order valence-corrected chi connectivity index (χ2v) is 5.25. The van der Waals surface area contributed by atoms with Crippen molar-refractivity contribution < 1.29 is 9.53 Å². The van der Waals surface area contributed by atoms with Crippen molar-refractivity contribution in [2.75, 3.05) is 13.7 Å². The molecule has 1 fully saturated rings. The number of unbranched alkanes of at least 4 members (excludes halogenated alkanes) is 2. The highest BCUT2D eigenvalue weighted by molar-refractivity contribution is 5.81. The molecule has 2 N–H and O–H groups in total. The molecule has 0 heterocycles. The van der Waals surface area contributed by atoms with Crippen LogP contribution in [-0.2, 0) is 9.53 Å². The second-order valence-electron chi connectivity index (χ2n) is 5.25. The molecule has 0 bridgehead atoms. The van der Waals surface area contributed by atoms with E-state index in [4.69, 9.17) is 4.74 Å². The molecular weight excluding hydrogens is 228 g/mol. The summed E-state index contributed by atoms with van der Waals surface area (Å²) in [5.74, 6) is 0.118. The standard InChI is InChI=1S/C14H28N2O2/c1-4-5-6-9-15-14(17)11(2)16-12-7-8-13(10-12)18-3/h11-13,16H,4-10H2,1-3H3,(H,15,17). The fourth-order valence-corrected chi connectivity index (χ4v) is 2.47. The third kappa shape index (κ3) is 5.36. The van der Waals surface area contributed by atoms with Crippen molar-refractivity contribution >= 4 is 5.91 Å². The van der Waals surface area contributed by atoms with Crippen molar-refractivity contribution in [3.8, 4) is 0 Å². The average Bonchev–Trinajstić information content (AvgIpc) is 2.82. The van der Waals surface area contributed by atoms with Crippen molar-refractivity contribution in [2.24, 2.45) is 0 Å². The monoisotopic (exact) mass is 256 g/mol. The third-order valence-electron chi connectivity index (χ3n) is 3.68.